The van der Waals surface area contributed by atoms with Gasteiger partial charge in [-0.05, 0) is 37.6 Å². The van der Waals surface area contributed by atoms with E-state index in [1.165, 1.54) is 12.1 Å². The number of rotatable bonds is 6. The number of piperazine rings is 1. The van der Waals surface area contributed by atoms with Crippen LogP contribution in [0.2, 0.25) is 0 Å². The first kappa shape index (κ1) is 24.5. The Balaban J connectivity index is 1.36. The van der Waals surface area contributed by atoms with Crippen LogP contribution in [0.3, 0.4) is 0 Å². The fourth-order valence-electron chi connectivity index (χ4n) is 4.72. The second-order valence-electron chi connectivity index (χ2n) is 9.04. The van der Waals surface area contributed by atoms with Crippen molar-refractivity contribution in [3.8, 4) is 0 Å². The Morgan fingerprint density at radius 3 is 2.57 bits per heavy atom. The fourth-order valence-corrected chi connectivity index (χ4v) is 4.72. The summed E-state index contributed by atoms with van der Waals surface area (Å²) in [6, 6.07) is 15.1. The Bertz CT molecular complexity index is 1430. The highest BCUT2D eigenvalue weighted by atomic mass is 19.1. The maximum Gasteiger partial charge on any atom is 0.339 e. The van der Waals surface area contributed by atoms with Crippen LogP contribution in [0.15, 0.2) is 60.8 Å². The van der Waals surface area contributed by atoms with Crippen molar-refractivity contribution in [2.75, 3.05) is 36.0 Å². The standard InChI is InChI=1S/C28H27F2N5O2/c1-3-37-28(36)20-9-11-26(31-16-20)34-12-13-35(18(2)17-34)27-23-7-5-4-6-22(23)25(32-33-27)14-19-8-10-21(29)15-24(19)30/h4-11,15-16,18H,3,12-14,17H2,1-2H3/t18-/m0/s1. The van der Waals surface area contributed by atoms with Gasteiger partial charge in [-0.2, -0.15) is 5.10 Å². The van der Waals surface area contributed by atoms with Crippen molar-refractivity contribution in [3.63, 3.8) is 0 Å². The Hall–Kier alpha value is -4.14. The van der Waals surface area contributed by atoms with E-state index in [0.717, 1.165) is 28.5 Å². The first-order chi connectivity index (χ1) is 17.9. The summed E-state index contributed by atoms with van der Waals surface area (Å²) in [6.07, 6.45) is 1.77. The monoisotopic (exact) mass is 503 g/mol. The zero-order valence-electron chi connectivity index (χ0n) is 20.7. The highest BCUT2D eigenvalue weighted by Gasteiger charge is 2.28. The van der Waals surface area contributed by atoms with Crippen molar-refractivity contribution < 1.29 is 18.3 Å². The van der Waals surface area contributed by atoms with Gasteiger partial charge in [0.25, 0.3) is 0 Å². The molecule has 1 saturated heterocycles. The Morgan fingerprint density at radius 2 is 1.86 bits per heavy atom. The van der Waals surface area contributed by atoms with Crippen LogP contribution in [0, 0.1) is 11.6 Å². The van der Waals surface area contributed by atoms with E-state index in [1.54, 1.807) is 19.2 Å². The van der Waals surface area contributed by atoms with Crippen LogP contribution >= 0.6 is 0 Å². The molecule has 3 heterocycles. The largest absolute Gasteiger partial charge is 0.462 e. The van der Waals surface area contributed by atoms with Crippen molar-refractivity contribution in [1.82, 2.24) is 15.2 Å². The summed E-state index contributed by atoms with van der Waals surface area (Å²) in [5, 5.41) is 10.9. The van der Waals surface area contributed by atoms with E-state index in [1.807, 2.05) is 30.3 Å². The van der Waals surface area contributed by atoms with E-state index in [9.17, 15) is 13.6 Å². The fraction of sp³-hybridized carbons (Fsp3) is 0.286. The van der Waals surface area contributed by atoms with E-state index in [0.29, 0.717) is 43.1 Å². The molecular weight excluding hydrogens is 476 g/mol. The summed E-state index contributed by atoms with van der Waals surface area (Å²) in [7, 11) is 0. The second-order valence-corrected chi connectivity index (χ2v) is 9.04. The molecule has 1 aliphatic rings. The molecule has 37 heavy (non-hydrogen) atoms. The smallest absolute Gasteiger partial charge is 0.339 e. The number of carbonyl (C=O) groups excluding carboxylic acids is 1. The molecule has 5 rings (SSSR count). The average Bonchev–Trinajstić information content (AvgIpc) is 2.91. The van der Waals surface area contributed by atoms with Crippen LogP contribution in [-0.2, 0) is 11.2 Å². The minimum atomic E-state index is -0.606. The van der Waals surface area contributed by atoms with E-state index < -0.39 is 11.6 Å². The van der Waals surface area contributed by atoms with Gasteiger partial charge >= 0.3 is 5.97 Å². The lowest BCUT2D eigenvalue weighted by Crippen LogP contribution is -2.52. The van der Waals surface area contributed by atoms with Gasteiger partial charge in [0.05, 0.1) is 17.9 Å². The number of carbonyl (C=O) groups is 1. The molecule has 2 aromatic heterocycles. The molecule has 0 aliphatic carbocycles. The number of nitrogens with zero attached hydrogens (tertiary/aromatic N) is 5. The summed E-state index contributed by atoms with van der Waals surface area (Å²) < 4.78 is 32.7. The Morgan fingerprint density at radius 1 is 1.05 bits per heavy atom. The molecule has 7 nitrogen and oxygen atoms in total. The van der Waals surface area contributed by atoms with E-state index in [2.05, 4.69) is 31.9 Å². The molecule has 0 amide bonds. The van der Waals surface area contributed by atoms with Gasteiger partial charge in [-0.25, -0.2) is 18.6 Å². The van der Waals surface area contributed by atoms with Crippen LogP contribution in [-0.4, -0.2) is 53.4 Å². The molecular formula is C28H27F2N5O2. The summed E-state index contributed by atoms with van der Waals surface area (Å²) in [5.41, 5.74) is 1.44. The predicted molar refractivity (Wildman–Crippen MR) is 138 cm³/mol. The Labute approximate surface area is 213 Å². The summed E-state index contributed by atoms with van der Waals surface area (Å²) in [4.78, 5) is 20.8. The number of aromatic nitrogens is 3. The molecule has 190 valence electrons. The van der Waals surface area contributed by atoms with Crippen molar-refractivity contribution >= 4 is 28.4 Å². The molecule has 4 aromatic rings. The number of halogens is 2. The third-order valence-corrected chi connectivity index (χ3v) is 6.60. The number of pyridine rings is 1. The molecule has 0 bridgehead atoms. The quantitative estimate of drug-likeness (QED) is 0.351. The lowest BCUT2D eigenvalue weighted by molar-refractivity contribution is 0.0526. The Kier molecular flexibility index (Phi) is 6.94. The predicted octanol–water partition coefficient (Wildman–Crippen LogP) is 4.79. The summed E-state index contributed by atoms with van der Waals surface area (Å²) >= 11 is 0. The van der Waals surface area contributed by atoms with Gasteiger partial charge in [0.1, 0.15) is 17.5 Å². The molecule has 0 N–H and O–H groups in total. The van der Waals surface area contributed by atoms with Crippen LogP contribution < -0.4 is 9.80 Å². The van der Waals surface area contributed by atoms with Gasteiger partial charge in [-0.1, -0.05) is 30.3 Å². The maximum atomic E-state index is 14.3. The van der Waals surface area contributed by atoms with Gasteiger partial charge in [0.15, 0.2) is 5.82 Å². The number of esters is 1. The van der Waals surface area contributed by atoms with Crippen molar-refractivity contribution in [2.45, 2.75) is 26.3 Å². The molecule has 0 radical (unpaired) electrons. The number of anilines is 2. The first-order valence-electron chi connectivity index (χ1n) is 12.3. The average molecular weight is 504 g/mol. The van der Waals surface area contributed by atoms with Gasteiger partial charge in [0.2, 0.25) is 0 Å². The zero-order chi connectivity index (χ0) is 25.9. The van der Waals surface area contributed by atoms with E-state index in [-0.39, 0.29) is 18.4 Å². The van der Waals surface area contributed by atoms with Gasteiger partial charge in [-0.3, -0.25) is 0 Å². The first-order valence-corrected chi connectivity index (χ1v) is 12.3. The highest BCUT2D eigenvalue weighted by Crippen LogP contribution is 2.30. The molecule has 9 heteroatoms. The molecule has 0 spiro atoms. The lowest BCUT2D eigenvalue weighted by Gasteiger charge is -2.41. The van der Waals surface area contributed by atoms with Crippen LogP contribution in [0.25, 0.3) is 10.8 Å². The van der Waals surface area contributed by atoms with Gasteiger partial charge < -0.3 is 14.5 Å². The van der Waals surface area contributed by atoms with E-state index in [4.69, 9.17) is 4.74 Å². The minimum Gasteiger partial charge on any atom is -0.462 e. The third kappa shape index (κ3) is 5.07. The van der Waals surface area contributed by atoms with E-state index >= 15 is 0 Å². The molecule has 1 aliphatic heterocycles. The number of ether oxygens (including phenoxy) is 1. The molecule has 0 saturated carbocycles. The third-order valence-electron chi connectivity index (χ3n) is 6.60. The van der Waals surface area contributed by atoms with Crippen molar-refractivity contribution in [2.24, 2.45) is 0 Å². The maximum absolute atomic E-state index is 14.3. The zero-order valence-corrected chi connectivity index (χ0v) is 20.7. The number of benzene rings is 2. The number of hydrogen-bond donors (Lipinski definition) is 0. The molecule has 2 aromatic carbocycles. The minimum absolute atomic E-state index is 0.110. The SMILES string of the molecule is CCOC(=O)c1ccc(N2CCN(c3nnc(Cc4ccc(F)cc4F)c4ccccc34)[C@@H](C)C2)nc1. The van der Waals surface area contributed by atoms with Gasteiger partial charge in [-0.15, -0.1) is 5.10 Å². The molecule has 0 unspecified atom stereocenters. The molecule has 1 atom stereocenters. The van der Waals surface area contributed by atoms with Crippen LogP contribution in [0.1, 0.15) is 35.5 Å². The highest BCUT2D eigenvalue weighted by molar-refractivity contribution is 5.94. The normalized spacial score (nSPS) is 15.7. The van der Waals surface area contributed by atoms with Crippen LogP contribution in [0.5, 0.6) is 0 Å². The topological polar surface area (TPSA) is 71.5 Å². The number of hydrogen-bond acceptors (Lipinski definition) is 7. The van der Waals surface area contributed by atoms with Crippen molar-refractivity contribution in [3.05, 3.63) is 89.2 Å². The van der Waals surface area contributed by atoms with Crippen molar-refractivity contribution in [1.29, 1.82) is 0 Å². The van der Waals surface area contributed by atoms with Crippen LogP contribution in [0.4, 0.5) is 20.4 Å². The second kappa shape index (κ2) is 10.5. The van der Waals surface area contributed by atoms with Gasteiger partial charge in [0, 0.05) is 55.1 Å². The summed E-state index contributed by atoms with van der Waals surface area (Å²) in [5.74, 6) is -0.00549. The lowest BCUT2D eigenvalue weighted by atomic mass is 10.0. The number of fused-ring (bicyclic) bond motifs is 1. The molecule has 1 fully saturated rings. The summed E-state index contributed by atoms with van der Waals surface area (Å²) in [6.45, 7) is 6.35.